The van der Waals surface area contributed by atoms with Gasteiger partial charge in [-0.25, -0.2) is 0 Å². The highest BCUT2D eigenvalue weighted by Crippen LogP contribution is 2.11. The van der Waals surface area contributed by atoms with Crippen LogP contribution in [0.1, 0.15) is 16.1 Å². The van der Waals surface area contributed by atoms with Crippen molar-refractivity contribution in [2.75, 3.05) is 5.73 Å². The van der Waals surface area contributed by atoms with Crippen LogP contribution in [0.2, 0.25) is 0 Å². The Kier molecular flexibility index (Phi) is 3.43. The van der Waals surface area contributed by atoms with Gasteiger partial charge in [-0.05, 0) is 17.7 Å². The summed E-state index contributed by atoms with van der Waals surface area (Å²) in [5.41, 5.74) is 7.22. The molecule has 6 heteroatoms. The molecule has 4 N–H and O–H groups in total. The Morgan fingerprint density at radius 3 is 2.71 bits per heavy atom. The number of nitrogen functional groups attached to an aromatic ring is 1. The van der Waals surface area contributed by atoms with E-state index < -0.39 is 0 Å². The van der Waals surface area contributed by atoms with Gasteiger partial charge in [0, 0.05) is 11.0 Å². The fourth-order valence-corrected chi connectivity index (χ4v) is 1.61. The van der Waals surface area contributed by atoms with Crippen LogP contribution < -0.4 is 11.1 Å². The van der Waals surface area contributed by atoms with Crippen molar-refractivity contribution in [2.45, 2.75) is 6.54 Å². The third kappa shape index (κ3) is 2.85. The molecule has 0 spiro atoms. The predicted octanol–water partition coefficient (Wildman–Crippen LogP) is 1.68. The molecule has 0 aliphatic rings. The molecule has 1 aromatic heterocycles. The normalized spacial score (nSPS) is 10.2. The summed E-state index contributed by atoms with van der Waals surface area (Å²) in [7, 11) is 0. The number of nitrogens with two attached hydrogens (primary N) is 1. The second kappa shape index (κ2) is 5.01. The Labute approximate surface area is 107 Å². The number of hydrogen-bond acceptors (Lipinski definition) is 3. The van der Waals surface area contributed by atoms with Gasteiger partial charge in [-0.1, -0.05) is 28.1 Å². The first-order valence-electron chi connectivity index (χ1n) is 4.98. The Morgan fingerprint density at radius 2 is 2.12 bits per heavy atom. The third-order valence-corrected chi connectivity index (χ3v) is 2.79. The molecule has 1 heterocycles. The SMILES string of the molecule is Nc1cn[nH]c1C(=O)NCc1ccc(Br)cc1. The average molecular weight is 295 g/mol. The summed E-state index contributed by atoms with van der Waals surface area (Å²) in [5.74, 6) is -0.261. The molecule has 2 aromatic rings. The molecule has 0 saturated heterocycles. The average Bonchev–Trinajstić information content (AvgIpc) is 2.74. The van der Waals surface area contributed by atoms with Gasteiger partial charge in [-0.15, -0.1) is 0 Å². The van der Waals surface area contributed by atoms with Crippen molar-refractivity contribution in [1.82, 2.24) is 15.5 Å². The van der Waals surface area contributed by atoms with E-state index in [1.807, 2.05) is 24.3 Å². The van der Waals surface area contributed by atoms with E-state index >= 15 is 0 Å². The Balaban J connectivity index is 1.97. The van der Waals surface area contributed by atoms with E-state index in [0.717, 1.165) is 10.0 Å². The van der Waals surface area contributed by atoms with Crippen LogP contribution in [0.3, 0.4) is 0 Å². The zero-order valence-corrected chi connectivity index (χ0v) is 10.5. The molecule has 5 nitrogen and oxygen atoms in total. The van der Waals surface area contributed by atoms with Crippen LogP contribution in [-0.4, -0.2) is 16.1 Å². The van der Waals surface area contributed by atoms with Crippen molar-refractivity contribution >= 4 is 27.5 Å². The Bertz CT molecular complexity index is 521. The number of benzene rings is 1. The fraction of sp³-hybridized carbons (Fsp3) is 0.0909. The quantitative estimate of drug-likeness (QED) is 0.805. The second-order valence-corrected chi connectivity index (χ2v) is 4.43. The van der Waals surface area contributed by atoms with Crippen molar-refractivity contribution in [3.63, 3.8) is 0 Å². The minimum absolute atomic E-state index is 0.261. The van der Waals surface area contributed by atoms with E-state index in [1.54, 1.807) is 0 Å². The lowest BCUT2D eigenvalue weighted by Gasteiger charge is -2.04. The molecule has 0 unspecified atom stereocenters. The fourth-order valence-electron chi connectivity index (χ4n) is 1.35. The van der Waals surface area contributed by atoms with Crippen LogP contribution in [0.5, 0.6) is 0 Å². The van der Waals surface area contributed by atoms with Gasteiger partial charge in [-0.2, -0.15) is 5.10 Å². The second-order valence-electron chi connectivity index (χ2n) is 3.51. The summed E-state index contributed by atoms with van der Waals surface area (Å²) in [4.78, 5) is 11.7. The standard InChI is InChI=1S/C11H11BrN4O/c12-8-3-1-7(2-4-8)5-14-11(17)10-9(13)6-15-16-10/h1-4,6H,5,13H2,(H,14,17)(H,15,16). The van der Waals surface area contributed by atoms with E-state index in [9.17, 15) is 4.79 Å². The number of aromatic amines is 1. The van der Waals surface area contributed by atoms with Crippen molar-refractivity contribution in [3.05, 3.63) is 46.2 Å². The molecule has 1 aromatic carbocycles. The molecule has 0 aliphatic heterocycles. The monoisotopic (exact) mass is 294 g/mol. The Hall–Kier alpha value is -1.82. The molecule has 0 bridgehead atoms. The number of nitrogens with zero attached hydrogens (tertiary/aromatic N) is 1. The smallest absolute Gasteiger partial charge is 0.271 e. The highest BCUT2D eigenvalue weighted by molar-refractivity contribution is 9.10. The summed E-state index contributed by atoms with van der Waals surface area (Å²) in [6.07, 6.45) is 1.41. The van der Waals surface area contributed by atoms with Crippen molar-refractivity contribution in [3.8, 4) is 0 Å². The maximum Gasteiger partial charge on any atom is 0.271 e. The highest BCUT2D eigenvalue weighted by atomic mass is 79.9. The molecule has 2 rings (SSSR count). The lowest BCUT2D eigenvalue weighted by atomic mass is 10.2. The number of aromatic nitrogens is 2. The number of rotatable bonds is 3. The number of hydrogen-bond donors (Lipinski definition) is 3. The number of H-pyrrole nitrogens is 1. The van der Waals surface area contributed by atoms with Gasteiger partial charge in [0.15, 0.2) is 0 Å². The van der Waals surface area contributed by atoms with Crippen LogP contribution in [0.15, 0.2) is 34.9 Å². The molecule has 1 amide bonds. The number of carbonyl (C=O) groups is 1. The van der Waals surface area contributed by atoms with Gasteiger partial charge < -0.3 is 11.1 Å². The lowest BCUT2D eigenvalue weighted by molar-refractivity contribution is 0.0947. The minimum atomic E-state index is -0.261. The van der Waals surface area contributed by atoms with Gasteiger partial charge in [0.2, 0.25) is 0 Å². The zero-order chi connectivity index (χ0) is 12.3. The molecule has 0 radical (unpaired) electrons. The number of anilines is 1. The molecule has 17 heavy (non-hydrogen) atoms. The number of nitrogens with one attached hydrogen (secondary N) is 2. The topological polar surface area (TPSA) is 83.8 Å². The van der Waals surface area contributed by atoms with Gasteiger partial charge in [0.05, 0.1) is 11.9 Å². The van der Waals surface area contributed by atoms with E-state index in [-0.39, 0.29) is 5.91 Å². The summed E-state index contributed by atoms with van der Waals surface area (Å²) >= 11 is 3.35. The first-order chi connectivity index (χ1) is 8.16. The van der Waals surface area contributed by atoms with E-state index in [4.69, 9.17) is 5.73 Å². The summed E-state index contributed by atoms with van der Waals surface area (Å²) in [6.45, 7) is 0.449. The first kappa shape index (κ1) is 11.7. The third-order valence-electron chi connectivity index (χ3n) is 2.26. The van der Waals surface area contributed by atoms with E-state index in [0.29, 0.717) is 17.9 Å². The first-order valence-corrected chi connectivity index (χ1v) is 5.77. The van der Waals surface area contributed by atoms with Gasteiger partial charge >= 0.3 is 0 Å². The molecule has 0 saturated carbocycles. The number of halogens is 1. The Morgan fingerprint density at radius 1 is 1.41 bits per heavy atom. The van der Waals surface area contributed by atoms with Crippen molar-refractivity contribution in [2.24, 2.45) is 0 Å². The molecule has 0 aliphatic carbocycles. The van der Waals surface area contributed by atoms with Gasteiger partial charge in [-0.3, -0.25) is 9.89 Å². The van der Waals surface area contributed by atoms with Gasteiger partial charge in [0.25, 0.3) is 5.91 Å². The van der Waals surface area contributed by atoms with Crippen LogP contribution in [-0.2, 0) is 6.54 Å². The molecular weight excluding hydrogens is 284 g/mol. The van der Waals surface area contributed by atoms with Crippen LogP contribution >= 0.6 is 15.9 Å². The van der Waals surface area contributed by atoms with Crippen LogP contribution in [0, 0.1) is 0 Å². The van der Waals surface area contributed by atoms with Crippen molar-refractivity contribution < 1.29 is 4.79 Å². The highest BCUT2D eigenvalue weighted by Gasteiger charge is 2.10. The maximum absolute atomic E-state index is 11.7. The van der Waals surface area contributed by atoms with Crippen LogP contribution in [0.25, 0.3) is 0 Å². The van der Waals surface area contributed by atoms with Crippen molar-refractivity contribution in [1.29, 1.82) is 0 Å². The molecule has 0 fully saturated rings. The number of amides is 1. The zero-order valence-electron chi connectivity index (χ0n) is 8.90. The summed E-state index contributed by atoms with van der Waals surface area (Å²) < 4.78 is 1.00. The lowest BCUT2D eigenvalue weighted by Crippen LogP contribution is -2.24. The molecule has 88 valence electrons. The van der Waals surface area contributed by atoms with Gasteiger partial charge in [0.1, 0.15) is 5.69 Å². The summed E-state index contributed by atoms with van der Waals surface area (Å²) in [5, 5.41) is 9.00. The largest absolute Gasteiger partial charge is 0.396 e. The maximum atomic E-state index is 11.7. The van der Waals surface area contributed by atoms with Crippen LogP contribution in [0.4, 0.5) is 5.69 Å². The minimum Gasteiger partial charge on any atom is -0.396 e. The van der Waals surface area contributed by atoms with E-state index in [2.05, 4.69) is 31.4 Å². The molecule has 0 atom stereocenters. The number of carbonyl (C=O) groups excluding carboxylic acids is 1. The summed E-state index contributed by atoms with van der Waals surface area (Å²) in [6, 6.07) is 7.71. The predicted molar refractivity (Wildman–Crippen MR) is 68.3 cm³/mol. The van der Waals surface area contributed by atoms with E-state index in [1.165, 1.54) is 6.20 Å². The molecular formula is C11H11BrN4O.